The number of piperazine rings is 1. The number of halogens is 3. The summed E-state index contributed by atoms with van der Waals surface area (Å²) in [5.74, 6) is -1.34. The van der Waals surface area contributed by atoms with Gasteiger partial charge in [-0.1, -0.05) is 48.2 Å². The summed E-state index contributed by atoms with van der Waals surface area (Å²) in [6, 6.07) is 10.4. The van der Waals surface area contributed by atoms with Gasteiger partial charge in [-0.3, -0.25) is 19.7 Å². The van der Waals surface area contributed by atoms with E-state index in [0.29, 0.717) is 47.5 Å². The summed E-state index contributed by atoms with van der Waals surface area (Å²) in [7, 11) is 0. The lowest BCUT2D eigenvalue weighted by Crippen LogP contribution is -2.57. The van der Waals surface area contributed by atoms with Crippen molar-refractivity contribution in [2.75, 3.05) is 26.2 Å². The molecule has 2 fully saturated rings. The van der Waals surface area contributed by atoms with E-state index in [9.17, 15) is 24.1 Å². The molecule has 200 valence electrons. The number of benzene rings is 2. The molecule has 0 radical (unpaired) electrons. The van der Waals surface area contributed by atoms with Gasteiger partial charge in [0.05, 0.1) is 15.0 Å². The Labute approximate surface area is 229 Å². The van der Waals surface area contributed by atoms with Gasteiger partial charge in [-0.25, -0.2) is 4.39 Å². The van der Waals surface area contributed by atoms with Crippen LogP contribution in [0, 0.1) is 21.8 Å². The number of hydrogen-bond donors (Lipinski definition) is 0. The van der Waals surface area contributed by atoms with E-state index in [0.717, 1.165) is 31.2 Å². The van der Waals surface area contributed by atoms with Crippen LogP contribution in [-0.4, -0.2) is 63.7 Å². The van der Waals surface area contributed by atoms with Crippen LogP contribution in [0.2, 0.25) is 10.0 Å². The molecule has 0 spiro atoms. The summed E-state index contributed by atoms with van der Waals surface area (Å²) in [6.07, 6.45) is 3.35. The second-order valence-corrected chi connectivity index (χ2v) is 10.7. The minimum Gasteiger partial charge on any atom is -0.365 e. The molecule has 2 aromatic carbocycles. The zero-order chi connectivity index (χ0) is 27.0. The Morgan fingerprint density at radius 2 is 1.68 bits per heavy atom. The normalized spacial score (nSPS) is 22.0. The molecular formula is C27H27Cl2FN4O4. The van der Waals surface area contributed by atoms with Crippen LogP contribution in [0.25, 0.3) is 0 Å². The van der Waals surface area contributed by atoms with Crippen molar-refractivity contribution in [1.82, 2.24) is 14.7 Å². The molecule has 2 heterocycles. The Hall–Kier alpha value is -3.17. The fraction of sp³-hybridized carbons (Fsp3) is 0.407. The lowest BCUT2D eigenvalue weighted by molar-refractivity contribution is -0.424. The van der Waals surface area contributed by atoms with E-state index >= 15 is 0 Å². The molecule has 2 unspecified atom stereocenters. The summed E-state index contributed by atoms with van der Waals surface area (Å²) in [5, 5.41) is 13.0. The maximum atomic E-state index is 13.6. The molecule has 38 heavy (non-hydrogen) atoms. The summed E-state index contributed by atoms with van der Waals surface area (Å²) in [5.41, 5.74) is 1.25. The average Bonchev–Trinajstić information content (AvgIpc) is 2.92. The van der Waals surface area contributed by atoms with E-state index in [-0.39, 0.29) is 35.9 Å². The van der Waals surface area contributed by atoms with Crippen molar-refractivity contribution in [2.24, 2.45) is 5.92 Å². The molecule has 5 rings (SSSR count). The summed E-state index contributed by atoms with van der Waals surface area (Å²) in [6.45, 7) is 1.68. The van der Waals surface area contributed by atoms with Crippen molar-refractivity contribution in [3.63, 3.8) is 0 Å². The van der Waals surface area contributed by atoms with E-state index in [1.54, 1.807) is 34.1 Å². The minimum atomic E-state index is -0.605. The van der Waals surface area contributed by atoms with Crippen LogP contribution >= 0.6 is 23.2 Å². The van der Waals surface area contributed by atoms with Gasteiger partial charge in [-0.15, -0.1) is 0 Å². The number of nitrogens with zero attached hydrogens (tertiary/aromatic N) is 4. The first-order chi connectivity index (χ1) is 18.2. The van der Waals surface area contributed by atoms with E-state index in [4.69, 9.17) is 23.2 Å². The van der Waals surface area contributed by atoms with E-state index in [1.807, 2.05) is 4.90 Å². The summed E-state index contributed by atoms with van der Waals surface area (Å²) >= 11 is 12.1. The van der Waals surface area contributed by atoms with Gasteiger partial charge < -0.3 is 14.7 Å². The number of amides is 2. The van der Waals surface area contributed by atoms with Crippen molar-refractivity contribution in [2.45, 2.75) is 38.3 Å². The number of rotatable bonds is 5. The van der Waals surface area contributed by atoms with Crippen LogP contribution in [-0.2, 0) is 11.3 Å². The maximum Gasteiger partial charge on any atom is 0.352 e. The van der Waals surface area contributed by atoms with Crippen molar-refractivity contribution >= 4 is 35.0 Å². The second kappa shape index (κ2) is 10.9. The third kappa shape index (κ3) is 5.09. The Bertz CT molecular complexity index is 1290. The lowest BCUT2D eigenvalue weighted by atomic mass is 9.77. The van der Waals surface area contributed by atoms with Crippen LogP contribution in [0.15, 0.2) is 53.9 Å². The topological polar surface area (TPSA) is 87.0 Å². The Balaban J connectivity index is 1.39. The highest BCUT2D eigenvalue weighted by molar-refractivity contribution is 6.42. The third-order valence-electron chi connectivity index (χ3n) is 7.71. The number of carbonyl (C=O) groups is 2. The first-order valence-corrected chi connectivity index (χ1v) is 13.4. The highest BCUT2D eigenvalue weighted by Crippen LogP contribution is 2.42. The molecule has 2 amide bonds. The quantitative estimate of drug-likeness (QED) is 0.380. The predicted octanol–water partition coefficient (Wildman–Crippen LogP) is 4.98. The molecule has 0 bridgehead atoms. The molecule has 1 saturated heterocycles. The van der Waals surface area contributed by atoms with Gasteiger partial charge in [-0.2, -0.15) is 0 Å². The van der Waals surface area contributed by atoms with Crippen LogP contribution < -0.4 is 0 Å². The molecule has 0 N–H and O–H groups in total. The predicted molar refractivity (Wildman–Crippen MR) is 141 cm³/mol. The first-order valence-electron chi connectivity index (χ1n) is 12.7. The first kappa shape index (κ1) is 26.4. The molecular weight excluding hydrogens is 534 g/mol. The van der Waals surface area contributed by atoms with Gasteiger partial charge in [-0.05, 0) is 48.7 Å². The molecule has 0 aromatic heterocycles. The molecule has 2 aromatic rings. The van der Waals surface area contributed by atoms with Gasteiger partial charge in [0.15, 0.2) is 0 Å². The summed E-state index contributed by atoms with van der Waals surface area (Å²) in [4.78, 5) is 43.6. The van der Waals surface area contributed by atoms with Gasteiger partial charge >= 0.3 is 11.6 Å². The van der Waals surface area contributed by atoms with Gasteiger partial charge in [0.25, 0.3) is 5.91 Å². The zero-order valence-corrected chi connectivity index (χ0v) is 22.1. The smallest absolute Gasteiger partial charge is 0.352 e. The standard InChI is InChI=1S/C27H27Cl2FN4O4/c28-21-10-7-18(15-22(21)29)26(35)32-13-11-31(12-14-32)24-20-3-1-2-4-23(20)33(27(36)25(24)34(37)38)16-17-5-8-19(30)9-6-17/h5-10,15,20,23H,1-4,11-14,16H2. The van der Waals surface area contributed by atoms with Crippen molar-refractivity contribution in [3.8, 4) is 0 Å². The number of carbonyl (C=O) groups excluding carboxylic acids is 2. The number of hydrogen-bond acceptors (Lipinski definition) is 5. The maximum absolute atomic E-state index is 13.6. The SMILES string of the molecule is O=C(c1ccc(Cl)c(Cl)c1)N1CCN(C2=C([N+](=O)[O-])C(=O)N(Cc3ccc(F)cc3)C3CCCCC23)CC1. The zero-order valence-electron chi connectivity index (χ0n) is 20.6. The largest absolute Gasteiger partial charge is 0.365 e. The van der Waals surface area contributed by atoms with E-state index < -0.39 is 10.8 Å². The van der Waals surface area contributed by atoms with E-state index in [2.05, 4.69) is 0 Å². The molecule has 2 aliphatic heterocycles. The molecule has 3 aliphatic rings. The number of fused-ring (bicyclic) bond motifs is 1. The van der Waals surface area contributed by atoms with Gasteiger partial charge in [0, 0.05) is 50.2 Å². The monoisotopic (exact) mass is 560 g/mol. The van der Waals surface area contributed by atoms with Gasteiger partial charge in [0.2, 0.25) is 0 Å². The minimum absolute atomic E-state index is 0.167. The Morgan fingerprint density at radius 3 is 2.34 bits per heavy atom. The fourth-order valence-corrected chi connectivity index (χ4v) is 6.17. The highest BCUT2D eigenvalue weighted by atomic mass is 35.5. The Morgan fingerprint density at radius 1 is 1.00 bits per heavy atom. The van der Waals surface area contributed by atoms with Crippen LogP contribution in [0.5, 0.6) is 0 Å². The van der Waals surface area contributed by atoms with E-state index in [1.165, 1.54) is 18.2 Å². The molecule has 11 heteroatoms. The molecule has 2 atom stereocenters. The molecule has 8 nitrogen and oxygen atoms in total. The average molecular weight is 561 g/mol. The van der Waals surface area contributed by atoms with Crippen LogP contribution in [0.3, 0.4) is 0 Å². The lowest BCUT2D eigenvalue weighted by Gasteiger charge is -2.47. The second-order valence-electron chi connectivity index (χ2n) is 9.92. The van der Waals surface area contributed by atoms with Crippen molar-refractivity contribution < 1.29 is 18.9 Å². The van der Waals surface area contributed by atoms with Gasteiger partial charge in [0.1, 0.15) is 11.5 Å². The van der Waals surface area contributed by atoms with Crippen molar-refractivity contribution in [3.05, 3.63) is 91.0 Å². The molecule has 1 saturated carbocycles. The highest BCUT2D eigenvalue weighted by Gasteiger charge is 2.50. The van der Waals surface area contributed by atoms with Crippen LogP contribution in [0.4, 0.5) is 4.39 Å². The Kier molecular flexibility index (Phi) is 7.59. The summed E-state index contributed by atoms with van der Waals surface area (Å²) < 4.78 is 13.4. The third-order valence-corrected chi connectivity index (χ3v) is 8.45. The number of nitro groups is 1. The van der Waals surface area contributed by atoms with Crippen LogP contribution in [0.1, 0.15) is 41.6 Å². The van der Waals surface area contributed by atoms with Crippen molar-refractivity contribution in [1.29, 1.82) is 0 Å². The molecule has 1 aliphatic carbocycles. The fourth-order valence-electron chi connectivity index (χ4n) is 5.87.